The maximum atomic E-state index is 12.2. The first-order valence-corrected chi connectivity index (χ1v) is 12.6. The van der Waals surface area contributed by atoms with E-state index in [2.05, 4.69) is 34.9 Å². The molecule has 35 heavy (non-hydrogen) atoms. The fraction of sp³-hybridized carbons (Fsp3) is 0.464. The number of carbonyl (C=O) groups is 3. The van der Waals surface area contributed by atoms with Gasteiger partial charge in [-0.05, 0) is 60.3 Å². The Hall–Kier alpha value is -3.35. The van der Waals surface area contributed by atoms with Gasteiger partial charge in [0.15, 0.2) is 0 Å². The molecule has 2 aliphatic rings. The van der Waals surface area contributed by atoms with Crippen LogP contribution in [0.4, 0.5) is 4.79 Å². The lowest BCUT2D eigenvalue weighted by molar-refractivity contribution is -0.143. The van der Waals surface area contributed by atoms with Crippen molar-refractivity contribution < 1.29 is 24.2 Å². The summed E-state index contributed by atoms with van der Waals surface area (Å²) in [6.45, 7) is 1.28. The number of unbranched alkanes of at least 4 members (excludes halogenated alkanes) is 1. The summed E-state index contributed by atoms with van der Waals surface area (Å²) in [5.74, 6) is -0.765. The minimum atomic E-state index is -0.732. The maximum Gasteiger partial charge on any atom is 0.407 e. The fourth-order valence-corrected chi connectivity index (χ4v) is 5.30. The maximum absolute atomic E-state index is 12.2. The van der Waals surface area contributed by atoms with Crippen molar-refractivity contribution in [2.45, 2.75) is 50.9 Å². The molecule has 2 aromatic rings. The minimum Gasteiger partial charge on any atom is -0.481 e. The van der Waals surface area contributed by atoms with Gasteiger partial charge in [0.25, 0.3) is 0 Å². The number of fused-ring (bicyclic) bond motifs is 3. The number of hydrogen-bond acceptors (Lipinski definition) is 4. The van der Waals surface area contributed by atoms with Crippen LogP contribution in [0.3, 0.4) is 0 Å². The Morgan fingerprint density at radius 3 is 2.29 bits per heavy atom. The van der Waals surface area contributed by atoms with Gasteiger partial charge in [0.05, 0.1) is 5.92 Å². The summed E-state index contributed by atoms with van der Waals surface area (Å²) in [7, 11) is 0. The molecule has 0 radical (unpaired) electrons. The highest BCUT2D eigenvalue weighted by Gasteiger charge is 2.29. The van der Waals surface area contributed by atoms with E-state index < -0.39 is 12.1 Å². The Morgan fingerprint density at radius 2 is 1.60 bits per heavy atom. The Bertz CT molecular complexity index is 1010. The number of rotatable bonds is 10. The van der Waals surface area contributed by atoms with Gasteiger partial charge in [-0.25, -0.2) is 4.79 Å². The van der Waals surface area contributed by atoms with E-state index in [0.717, 1.165) is 19.3 Å². The summed E-state index contributed by atoms with van der Waals surface area (Å²) in [6.07, 6.45) is 4.53. The Labute approximate surface area is 206 Å². The normalized spacial score (nSPS) is 18.9. The third-order valence-electron chi connectivity index (χ3n) is 7.16. The number of carbonyl (C=O) groups excluding carboxylic acids is 2. The molecule has 2 amide bonds. The van der Waals surface area contributed by atoms with Crippen LogP contribution in [0.25, 0.3) is 11.1 Å². The molecule has 7 heteroatoms. The summed E-state index contributed by atoms with van der Waals surface area (Å²) < 4.78 is 5.53. The molecule has 0 saturated heterocycles. The molecule has 186 valence electrons. The van der Waals surface area contributed by atoms with Crippen LogP contribution < -0.4 is 10.6 Å². The third-order valence-corrected chi connectivity index (χ3v) is 7.16. The SMILES string of the molecule is O=C(CCCCNC(=O)OCC1c2ccccc2-c2ccccc21)NCC1CCCC(C(=O)O)C1. The number of aliphatic carboxylic acids is 1. The number of hydrogen-bond donors (Lipinski definition) is 3. The minimum absolute atomic E-state index is 0.0245. The number of nitrogens with one attached hydrogen (secondary N) is 2. The summed E-state index contributed by atoms with van der Waals surface area (Å²) >= 11 is 0. The molecule has 2 aliphatic carbocycles. The molecule has 2 aromatic carbocycles. The second-order valence-electron chi connectivity index (χ2n) is 9.58. The lowest BCUT2D eigenvalue weighted by Gasteiger charge is -2.26. The topological polar surface area (TPSA) is 105 Å². The number of ether oxygens (including phenoxy) is 1. The summed E-state index contributed by atoms with van der Waals surface area (Å²) in [4.78, 5) is 35.5. The first kappa shape index (κ1) is 24.8. The van der Waals surface area contributed by atoms with Crippen molar-refractivity contribution in [3.8, 4) is 11.1 Å². The molecule has 0 spiro atoms. The first-order chi connectivity index (χ1) is 17.0. The van der Waals surface area contributed by atoms with Gasteiger partial charge in [0.2, 0.25) is 5.91 Å². The van der Waals surface area contributed by atoms with E-state index in [1.165, 1.54) is 22.3 Å². The second kappa shape index (κ2) is 11.9. The van der Waals surface area contributed by atoms with Crippen molar-refractivity contribution in [3.63, 3.8) is 0 Å². The van der Waals surface area contributed by atoms with Crippen molar-refractivity contribution in [2.24, 2.45) is 11.8 Å². The number of carboxylic acid groups (broad SMARTS) is 1. The molecule has 3 N–H and O–H groups in total. The highest BCUT2D eigenvalue weighted by Crippen LogP contribution is 2.44. The van der Waals surface area contributed by atoms with Gasteiger partial charge in [-0.15, -0.1) is 0 Å². The van der Waals surface area contributed by atoms with Gasteiger partial charge in [-0.3, -0.25) is 9.59 Å². The van der Waals surface area contributed by atoms with E-state index in [4.69, 9.17) is 4.74 Å². The first-order valence-electron chi connectivity index (χ1n) is 12.6. The Balaban J connectivity index is 1.10. The highest BCUT2D eigenvalue weighted by molar-refractivity contribution is 5.79. The van der Waals surface area contributed by atoms with Crippen molar-refractivity contribution in [3.05, 3.63) is 59.7 Å². The van der Waals surface area contributed by atoms with Crippen LogP contribution in [-0.2, 0) is 14.3 Å². The molecule has 1 saturated carbocycles. The summed E-state index contributed by atoms with van der Waals surface area (Å²) in [5.41, 5.74) is 4.75. The van der Waals surface area contributed by atoms with Crippen LogP contribution in [0.15, 0.2) is 48.5 Å². The molecule has 0 aromatic heterocycles. The Kier molecular flexibility index (Phi) is 8.40. The van der Waals surface area contributed by atoms with E-state index >= 15 is 0 Å². The largest absolute Gasteiger partial charge is 0.481 e. The van der Waals surface area contributed by atoms with Crippen LogP contribution in [-0.4, -0.2) is 42.8 Å². The predicted molar refractivity (Wildman–Crippen MR) is 133 cm³/mol. The molecule has 1 fully saturated rings. The molecule has 0 heterocycles. The van der Waals surface area contributed by atoms with Crippen LogP contribution in [0.1, 0.15) is 62.0 Å². The number of amides is 2. The lowest BCUT2D eigenvalue weighted by Crippen LogP contribution is -2.33. The van der Waals surface area contributed by atoms with Crippen molar-refractivity contribution in [2.75, 3.05) is 19.7 Å². The molecule has 0 aliphatic heterocycles. The number of alkyl carbamates (subject to hydrolysis) is 1. The molecule has 0 bridgehead atoms. The lowest BCUT2D eigenvalue weighted by atomic mass is 9.81. The van der Waals surface area contributed by atoms with Crippen LogP contribution >= 0.6 is 0 Å². The van der Waals surface area contributed by atoms with E-state index in [-0.39, 0.29) is 30.3 Å². The van der Waals surface area contributed by atoms with Crippen LogP contribution in [0.5, 0.6) is 0 Å². The molecular formula is C28H34N2O5. The molecule has 7 nitrogen and oxygen atoms in total. The fourth-order valence-electron chi connectivity index (χ4n) is 5.30. The zero-order valence-electron chi connectivity index (χ0n) is 20.0. The van der Waals surface area contributed by atoms with E-state index in [9.17, 15) is 19.5 Å². The molecule has 2 atom stereocenters. The Morgan fingerprint density at radius 1 is 0.914 bits per heavy atom. The summed E-state index contributed by atoms with van der Waals surface area (Å²) in [6, 6.07) is 16.5. The monoisotopic (exact) mass is 478 g/mol. The van der Waals surface area contributed by atoms with Crippen molar-refractivity contribution in [1.82, 2.24) is 10.6 Å². The second-order valence-corrected chi connectivity index (χ2v) is 9.58. The van der Waals surface area contributed by atoms with Crippen molar-refractivity contribution >= 4 is 18.0 Å². The van der Waals surface area contributed by atoms with Gasteiger partial charge in [0.1, 0.15) is 6.61 Å². The quantitative estimate of drug-likeness (QED) is 0.429. The molecular weight excluding hydrogens is 444 g/mol. The van der Waals surface area contributed by atoms with Gasteiger partial charge in [-0.2, -0.15) is 0 Å². The van der Waals surface area contributed by atoms with Gasteiger partial charge in [0, 0.05) is 25.4 Å². The molecule has 4 rings (SSSR count). The van der Waals surface area contributed by atoms with Gasteiger partial charge < -0.3 is 20.5 Å². The van der Waals surface area contributed by atoms with E-state index in [0.29, 0.717) is 38.8 Å². The van der Waals surface area contributed by atoms with Crippen molar-refractivity contribution in [1.29, 1.82) is 0 Å². The zero-order valence-corrected chi connectivity index (χ0v) is 20.0. The predicted octanol–water partition coefficient (Wildman–Crippen LogP) is 4.70. The average molecular weight is 479 g/mol. The van der Waals surface area contributed by atoms with Crippen LogP contribution in [0.2, 0.25) is 0 Å². The summed E-state index contributed by atoms with van der Waals surface area (Å²) in [5, 5.41) is 14.9. The number of carboxylic acids is 1. The highest BCUT2D eigenvalue weighted by atomic mass is 16.5. The van der Waals surface area contributed by atoms with E-state index in [1.54, 1.807) is 0 Å². The molecule has 2 unspecified atom stereocenters. The van der Waals surface area contributed by atoms with E-state index in [1.807, 2.05) is 24.3 Å². The smallest absolute Gasteiger partial charge is 0.407 e. The third kappa shape index (κ3) is 6.41. The average Bonchev–Trinajstić information content (AvgIpc) is 3.20. The zero-order chi connectivity index (χ0) is 24.6. The van der Waals surface area contributed by atoms with Gasteiger partial charge >= 0.3 is 12.1 Å². The van der Waals surface area contributed by atoms with Gasteiger partial charge in [-0.1, -0.05) is 55.0 Å². The standard InChI is InChI=1S/C28H34N2O5/c31-26(30-17-19-8-7-9-20(16-19)27(32)33)14-5-6-15-29-28(34)35-18-25-23-12-3-1-10-21(23)22-11-2-4-13-24(22)25/h1-4,10-13,19-20,25H,5-9,14-18H2,(H,29,34)(H,30,31)(H,32,33). The van der Waals surface area contributed by atoms with Crippen LogP contribution in [0, 0.1) is 11.8 Å². The number of benzene rings is 2.